The Balaban J connectivity index is 1.41. The fourth-order valence-electron chi connectivity index (χ4n) is 3.45. The lowest BCUT2D eigenvalue weighted by molar-refractivity contribution is -0.114. The molecule has 1 aliphatic rings. The SMILES string of the molecule is CC(=O)Nc1cccc(Nc2cc(N3CCN(c4ccccc4)CC3)ncn2)c1. The Bertz CT molecular complexity index is 970. The van der Waals surface area contributed by atoms with Crippen LogP contribution in [0.25, 0.3) is 0 Å². The van der Waals surface area contributed by atoms with Crippen molar-refractivity contribution in [2.24, 2.45) is 0 Å². The summed E-state index contributed by atoms with van der Waals surface area (Å²) in [5.74, 6) is 1.54. The highest BCUT2D eigenvalue weighted by Crippen LogP contribution is 2.23. The number of amides is 1. The minimum atomic E-state index is -0.0962. The molecule has 0 bridgehead atoms. The van der Waals surface area contributed by atoms with Crippen molar-refractivity contribution in [3.05, 3.63) is 67.0 Å². The third-order valence-electron chi connectivity index (χ3n) is 4.83. The fourth-order valence-corrected chi connectivity index (χ4v) is 3.45. The lowest BCUT2D eigenvalue weighted by atomic mass is 10.2. The molecule has 1 fully saturated rings. The van der Waals surface area contributed by atoms with Crippen LogP contribution < -0.4 is 20.4 Å². The molecule has 29 heavy (non-hydrogen) atoms. The summed E-state index contributed by atoms with van der Waals surface area (Å²) in [6, 6.07) is 20.0. The lowest BCUT2D eigenvalue weighted by Gasteiger charge is -2.36. The van der Waals surface area contributed by atoms with E-state index in [1.165, 1.54) is 12.6 Å². The number of rotatable bonds is 5. The molecule has 7 heteroatoms. The molecular formula is C22H24N6O. The Hall–Kier alpha value is -3.61. The second-order valence-corrected chi connectivity index (χ2v) is 6.96. The second-order valence-electron chi connectivity index (χ2n) is 6.96. The van der Waals surface area contributed by atoms with Gasteiger partial charge in [-0.25, -0.2) is 9.97 Å². The maximum atomic E-state index is 11.3. The van der Waals surface area contributed by atoms with E-state index >= 15 is 0 Å². The normalized spacial score (nSPS) is 13.8. The Morgan fingerprint density at radius 3 is 2.34 bits per heavy atom. The van der Waals surface area contributed by atoms with Gasteiger partial charge in [0, 0.05) is 56.2 Å². The van der Waals surface area contributed by atoms with Crippen LogP contribution in [-0.4, -0.2) is 42.1 Å². The molecule has 0 spiro atoms. The summed E-state index contributed by atoms with van der Waals surface area (Å²) in [4.78, 5) is 24.7. The van der Waals surface area contributed by atoms with Gasteiger partial charge in [0.1, 0.15) is 18.0 Å². The first-order valence-corrected chi connectivity index (χ1v) is 9.69. The molecule has 7 nitrogen and oxygen atoms in total. The number of piperazine rings is 1. The van der Waals surface area contributed by atoms with Gasteiger partial charge in [-0.05, 0) is 30.3 Å². The number of hydrogen-bond acceptors (Lipinski definition) is 6. The van der Waals surface area contributed by atoms with Crippen molar-refractivity contribution in [3.63, 3.8) is 0 Å². The van der Waals surface area contributed by atoms with E-state index in [1.807, 2.05) is 36.4 Å². The second kappa shape index (κ2) is 8.60. The number of anilines is 5. The highest BCUT2D eigenvalue weighted by atomic mass is 16.1. The van der Waals surface area contributed by atoms with Crippen molar-refractivity contribution < 1.29 is 4.79 Å². The zero-order valence-electron chi connectivity index (χ0n) is 16.4. The molecule has 2 N–H and O–H groups in total. The van der Waals surface area contributed by atoms with Crippen LogP contribution in [0.1, 0.15) is 6.92 Å². The summed E-state index contributed by atoms with van der Waals surface area (Å²) in [5, 5.41) is 6.08. The Labute approximate surface area is 170 Å². The lowest BCUT2D eigenvalue weighted by Crippen LogP contribution is -2.46. The first-order chi connectivity index (χ1) is 14.2. The first-order valence-electron chi connectivity index (χ1n) is 9.69. The number of aromatic nitrogens is 2. The van der Waals surface area contributed by atoms with Crippen LogP contribution in [0.2, 0.25) is 0 Å². The number of carbonyl (C=O) groups excluding carboxylic acids is 1. The highest BCUT2D eigenvalue weighted by molar-refractivity contribution is 5.89. The molecule has 3 aromatic rings. The molecule has 0 atom stereocenters. The van der Waals surface area contributed by atoms with E-state index in [9.17, 15) is 4.79 Å². The van der Waals surface area contributed by atoms with Crippen LogP contribution in [0, 0.1) is 0 Å². The van der Waals surface area contributed by atoms with Gasteiger partial charge in [-0.1, -0.05) is 24.3 Å². The van der Waals surface area contributed by atoms with Crippen molar-refractivity contribution in [2.45, 2.75) is 6.92 Å². The number of para-hydroxylation sites is 1. The van der Waals surface area contributed by atoms with Gasteiger partial charge in [-0.15, -0.1) is 0 Å². The zero-order valence-corrected chi connectivity index (χ0v) is 16.4. The minimum absolute atomic E-state index is 0.0962. The highest BCUT2D eigenvalue weighted by Gasteiger charge is 2.18. The third kappa shape index (κ3) is 4.82. The predicted molar refractivity (Wildman–Crippen MR) is 117 cm³/mol. The van der Waals surface area contributed by atoms with Crippen molar-refractivity contribution in [2.75, 3.05) is 46.6 Å². The molecule has 148 valence electrons. The first kappa shape index (κ1) is 18.7. The monoisotopic (exact) mass is 388 g/mol. The molecule has 1 saturated heterocycles. The van der Waals surface area contributed by atoms with Crippen LogP contribution in [-0.2, 0) is 4.79 Å². The molecule has 0 aliphatic carbocycles. The average Bonchev–Trinajstić information content (AvgIpc) is 2.74. The van der Waals surface area contributed by atoms with E-state index in [0.717, 1.165) is 49.2 Å². The molecule has 2 heterocycles. The topological polar surface area (TPSA) is 73.4 Å². The number of benzene rings is 2. The average molecular weight is 388 g/mol. The standard InChI is InChI=1S/C22H24N6O/c1-17(29)25-18-6-5-7-19(14-18)26-21-15-22(24-16-23-21)28-12-10-27(11-13-28)20-8-3-2-4-9-20/h2-9,14-16H,10-13H2,1H3,(H,25,29)(H,23,24,26). The van der Waals surface area contributed by atoms with Crippen molar-refractivity contribution in [3.8, 4) is 0 Å². The summed E-state index contributed by atoms with van der Waals surface area (Å²) < 4.78 is 0. The predicted octanol–water partition coefficient (Wildman–Crippen LogP) is 3.51. The van der Waals surface area contributed by atoms with E-state index in [4.69, 9.17) is 0 Å². The Morgan fingerprint density at radius 1 is 0.862 bits per heavy atom. The van der Waals surface area contributed by atoms with E-state index < -0.39 is 0 Å². The molecule has 1 aromatic heterocycles. The summed E-state index contributed by atoms with van der Waals surface area (Å²) in [7, 11) is 0. The summed E-state index contributed by atoms with van der Waals surface area (Å²) in [5.41, 5.74) is 2.86. The van der Waals surface area contributed by atoms with Crippen LogP contribution >= 0.6 is 0 Å². The van der Waals surface area contributed by atoms with Crippen molar-refractivity contribution in [1.29, 1.82) is 0 Å². The molecule has 4 rings (SSSR count). The van der Waals surface area contributed by atoms with Crippen LogP contribution in [0.5, 0.6) is 0 Å². The molecule has 1 aliphatic heterocycles. The number of nitrogens with zero attached hydrogens (tertiary/aromatic N) is 4. The zero-order chi connectivity index (χ0) is 20.1. The van der Waals surface area contributed by atoms with Gasteiger partial charge in [-0.3, -0.25) is 4.79 Å². The fraction of sp³-hybridized carbons (Fsp3) is 0.227. The van der Waals surface area contributed by atoms with Crippen LogP contribution in [0.4, 0.5) is 28.7 Å². The van der Waals surface area contributed by atoms with Gasteiger partial charge in [0.2, 0.25) is 5.91 Å². The van der Waals surface area contributed by atoms with Gasteiger partial charge in [0.15, 0.2) is 0 Å². The van der Waals surface area contributed by atoms with E-state index in [-0.39, 0.29) is 5.91 Å². The van der Waals surface area contributed by atoms with Gasteiger partial charge in [-0.2, -0.15) is 0 Å². The quantitative estimate of drug-likeness (QED) is 0.697. The Morgan fingerprint density at radius 2 is 1.59 bits per heavy atom. The smallest absolute Gasteiger partial charge is 0.221 e. The molecule has 0 saturated carbocycles. The van der Waals surface area contributed by atoms with Crippen LogP contribution in [0.15, 0.2) is 67.0 Å². The third-order valence-corrected chi connectivity index (χ3v) is 4.83. The molecule has 2 aromatic carbocycles. The maximum absolute atomic E-state index is 11.3. The Kier molecular flexibility index (Phi) is 5.56. The summed E-state index contributed by atoms with van der Waals surface area (Å²) >= 11 is 0. The summed E-state index contributed by atoms with van der Waals surface area (Å²) in [6.45, 7) is 5.21. The minimum Gasteiger partial charge on any atom is -0.368 e. The maximum Gasteiger partial charge on any atom is 0.221 e. The number of carbonyl (C=O) groups is 1. The van der Waals surface area contributed by atoms with Crippen LogP contribution in [0.3, 0.4) is 0 Å². The number of hydrogen-bond donors (Lipinski definition) is 2. The van der Waals surface area contributed by atoms with E-state index in [1.54, 1.807) is 6.33 Å². The van der Waals surface area contributed by atoms with Gasteiger partial charge >= 0.3 is 0 Å². The molecule has 0 radical (unpaired) electrons. The summed E-state index contributed by atoms with van der Waals surface area (Å²) in [6.07, 6.45) is 1.58. The molecular weight excluding hydrogens is 364 g/mol. The largest absolute Gasteiger partial charge is 0.368 e. The van der Waals surface area contributed by atoms with E-state index in [0.29, 0.717) is 0 Å². The van der Waals surface area contributed by atoms with Gasteiger partial charge in [0.05, 0.1) is 0 Å². The van der Waals surface area contributed by atoms with Crippen molar-refractivity contribution in [1.82, 2.24) is 9.97 Å². The van der Waals surface area contributed by atoms with Crippen molar-refractivity contribution >= 4 is 34.6 Å². The van der Waals surface area contributed by atoms with E-state index in [2.05, 4.69) is 54.7 Å². The number of nitrogens with one attached hydrogen (secondary N) is 2. The van der Waals surface area contributed by atoms with Gasteiger partial charge < -0.3 is 20.4 Å². The van der Waals surface area contributed by atoms with Gasteiger partial charge in [0.25, 0.3) is 0 Å². The molecule has 0 unspecified atom stereocenters. The molecule has 1 amide bonds.